The number of fused-ring (bicyclic) bond motifs is 1. The molecule has 2 saturated heterocycles. The molecule has 11 nitrogen and oxygen atoms in total. The van der Waals surface area contributed by atoms with E-state index in [1.54, 1.807) is 32.2 Å². The molecule has 8 rings (SSSR count). The lowest BCUT2D eigenvalue weighted by atomic mass is 9.43. The van der Waals surface area contributed by atoms with E-state index in [-0.39, 0.29) is 41.5 Å². The van der Waals surface area contributed by atoms with E-state index in [4.69, 9.17) is 9.73 Å². The molecule has 2 bridgehead atoms. The highest BCUT2D eigenvalue weighted by Gasteiger charge is 2.73. The summed E-state index contributed by atoms with van der Waals surface area (Å²) in [5.74, 6) is -0.273. The summed E-state index contributed by atoms with van der Waals surface area (Å²) in [7, 11) is 0. The number of urea groups is 1. The lowest BCUT2D eigenvalue weighted by Gasteiger charge is -2.72. The van der Waals surface area contributed by atoms with E-state index in [0.29, 0.717) is 72.4 Å². The summed E-state index contributed by atoms with van der Waals surface area (Å²) in [5.41, 5.74) is 1.73. The van der Waals surface area contributed by atoms with E-state index in [9.17, 15) is 18.8 Å². The number of halogens is 1. The summed E-state index contributed by atoms with van der Waals surface area (Å²) in [6.45, 7) is 8.40. The molecule has 5 fully saturated rings. The fraction of sp³-hybridized carbons (Fsp3) is 0.531. The minimum Gasteiger partial charge on any atom is -0.463 e. The number of rotatable bonds is 9. The normalized spacial score (nSPS) is 29.0. The van der Waals surface area contributed by atoms with Crippen LogP contribution in [-0.2, 0) is 14.3 Å². The predicted molar refractivity (Wildman–Crippen MR) is 166 cm³/mol. The molecule has 13 heteroatoms. The van der Waals surface area contributed by atoms with Gasteiger partial charge in [0.25, 0.3) is 0 Å². The van der Waals surface area contributed by atoms with Crippen molar-refractivity contribution in [1.82, 2.24) is 30.3 Å². The zero-order chi connectivity index (χ0) is 31.5. The van der Waals surface area contributed by atoms with Crippen LogP contribution in [0.15, 0.2) is 46.0 Å². The van der Waals surface area contributed by atoms with E-state index in [1.807, 2.05) is 22.1 Å². The Kier molecular flexibility index (Phi) is 7.43. The number of esters is 1. The highest BCUT2D eigenvalue weighted by molar-refractivity contribution is 7.11. The molecule has 1 aromatic carbocycles. The standard InChI is InChI=1S/C32H38FN7O4S/c1-4-24(41)37-31-16-32(17-31,18-31)40-14-20-13-38(10-11-39(20)30(40)43)15-23-25(29(42)44-5-2)26(21-7-6-8-22(33)19(21)3)36-27(35-23)28-34-9-12-45-28/h6-9,12,20,26H,4-5,10-11,13-18H2,1-3H3,(H,35,36)(H,37,41)/t20-,26-,31?,32?/m0/s1. The van der Waals surface area contributed by atoms with Crippen LogP contribution in [0.4, 0.5) is 9.18 Å². The first-order chi connectivity index (χ1) is 21.7. The van der Waals surface area contributed by atoms with Gasteiger partial charge in [-0.05, 0) is 50.3 Å². The average Bonchev–Trinajstić information content (AvgIpc) is 3.64. The van der Waals surface area contributed by atoms with Crippen LogP contribution in [0.3, 0.4) is 0 Å². The Balaban J connectivity index is 1.13. The molecule has 45 heavy (non-hydrogen) atoms. The topological polar surface area (TPSA) is 119 Å². The van der Waals surface area contributed by atoms with Crippen LogP contribution in [-0.4, -0.2) is 99.9 Å². The minimum atomic E-state index is -0.774. The quantitative estimate of drug-likeness (QED) is 0.407. The van der Waals surface area contributed by atoms with Gasteiger partial charge in [0.15, 0.2) is 10.8 Å². The molecule has 0 unspecified atom stereocenters. The van der Waals surface area contributed by atoms with Gasteiger partial charge in [-0.2, -0.15) is 0 Å². The number of amides is 3. The Morgan fingerprint density at radius 1 is 1.20 bits per heavy atom. The van der Waals surface area contributed by atoms with E-state index in [1.165, 1.54) is 17.4 Å². The van der Waals surface area contributed by atoms with Crippen molar-refractivity contribution in [2.75, 3.05) is 39.3 Å². The van der Waals surface area contributed by atoms with Crippen molar-refractivity contribution in [2.24, 2.45) is 4.99 Å². The Hall–Kier alpha value is -3.84. The Morgan fingerprint density at radius 3 is 2.71 bits per heavy atom. The number of thiazole rings is 1. The number of ether oxygens (including phenoxy) is 1. The van der Waals surface area contributed by atoms with Gasteiger partial charge in [-0.3, -0.25) is 14.7 Å². The first-order valence-electron chi connectivity index (χ1n) is 15.7. The molecule has 1 aromatic heterocycles. The van der Waals surface area contributed by atoms with Crippen LogP contribution in [0.2, 0.25) is 0 Å². The second-order valence-electron chi connectivity index (χ2n) is 12.8. The van der Waals surface area contributed by atoms with Crippen LogP contribution < -0.4 is 10.6 Å². The number of hydrogen-bond acceptors (Lipinski definition) is 9. The molecule has 0 radical (unpaired) electrons. The van der Waals surface area contributed by atoms with E-state index in [2.05, 4.69) is 20.5 Å². The van der Waals surface area contributed by atoms with Gasteiger partial charge >= 0.3 is 12.0 Å². The maximum Gasteiger partial charge on any atom is 0.338 e. The third-order valence-electron chi connectivity index (χ3n) is 9.98. The van der Waals surface area contributed by atoms with Gasteiger partial charge in [-0.25, -0.2) is 19.0 Å². The molecule has 3 saturated carbocycles. The molecule has 3 aliphatic heterocycles. The van der Waals surface area contributed by atoms with Crippen molar-refractivity contribution < 1.29 is 23.5 Å². The molecular formula is C32H38FN7O4S. The summed E-state index contributed by atoms with van der Waals surface area (Å²) >= 11 is 1.43. The average molecular weight is 636 g/mol. The zero-order valence-corrected chi connectivity index (χ0v) is 26.6. The first kappa shape index (κ1) is 29.8. The fourth-order valence-electron chi connectivity index (χ4n) is 7.84. The molecule has 238 valence electrons. The molecular weight excluding hydrogens is 597 g/mol. The molecule has 2 atom stereocenters. The minimum absolute atomic E-state index is 0.0186. The van der Waals surface area contributed by atoms with Gasteiger partial charge in [0.1, 0.15) is 11.9 Å². The van der Waals surface area contributed by atoms with Gasteiger partial charge in [-0.1, -0.05) is 19.1 Å². The molecule has 2 aromatic rings. The number of nitrogens with one attached hydrogen (secondary N) is 2. The van der Waals surface area contributed by atoms with Crippen molar-refractivity contribution >= 4 is 35.1 Å². The van der Waals surface area contributed by atoms with Crippen LogP contribution >= 0.6 is 11.3 Å². The zero-order valence-electron chi connectivity index (χ0n) is 25.8. The number of amidine groups is 1. The number of aromatic nitrogens is 1. The number of hydrogen-bond donors (Lipinski definition) is 2. The molecule has 3 aliphatic carbocycles. The Labute approximate surface area is 265 Å². The van der Waals surface area contributed by atoms with Gasteiger partial charge in [-0.15, -0.1) is 11.3 Å². The van der Waals surface area contributed by atoms with Crippen LogP contribution in [0, 0.1) is 12.7 Å². The van der Waals surface area contributed by atoms with Crippen molar-refractivity contribution in [3.8, 4) is 0 Å². The number of carbonyl (C=O) groups excluding carboxylic acids is 3. The van der Waals surface area contributed by atoms with Gasteiger partial charge in [0, 0.05) is 62.0 Å². The second-order valence-corrected chi connectivity index (χ2v) is 13.7. The fourth-order valence-corrected chi connectivity index (χ4v) is 8.42. The van der Waals surface area contributed by atoms with Crippen molar-refractivity contribution in [3.05, 3.63) is 63.0 Å². The largest absolute Gasteiger partial charge is 0.463 e. The van der Waals surface area contributed by atoms with Crippen molar-refractivity contribution in [1.29, 1.82) is 0 Å². The highest BCUT2D eigenvalue weighted by Crippen LogP contribution is 2.64. The number of carbonyl (C=O) groups is 3. The van der Waals surface area contributed by atoms with Gasteiger partial charge in [0.05, 0.1) is 23.8 Å². The van der Waals surface area contributed by atoms with Crippen molar-refractivity contribution in [2.45, 2.75) is 69.6 Å². The number of aliphatic imine (C=N–C) groups is 1. The van der Waals surface area contributed by atoms with Crippen LogP contribution in [0.5, 0.6) is 0 Å². The Morgan fingerprint density at radius 2 is 2.00 bits per heavy atom. The molecule has 6 aliphatic rings. The summed E-state index contributed by atoms with van der Waals surface area (Å²) in [6.07, 6.45) is 4.63. The van der Waals surface area contributed by atoms with E-state index >= 15 is 0 Å². The highest BCUT2D eigenvalue weighted by atomic mass is 32.1. The van der Waals surface area contributed by atoms with E-state index < -0.39 is 12.0 Å². The summed E-state index contributed by atoms with van der Waals surface area (Å²) < 4.78 is 20.3. The predicted octanol–water partition coefficient (Wildman–Crippen LogP) is 3.12. The maximum absolute atomic E-state index is 14.8. The Bertz CT molecular complexity index is 1590. The summed E-state index contributed by atoms with van der Waals surface area (Å²) in [5, 5.41) is 9.08. The SMILES string of the molecule is CCOC(=O)C1=C(CN2CCN3C(=O)N(C45CC(NC(=O)CC)(C4)C5)C[C@@H]3C2)NC(c2nccs2)=N[C@H]1c1cccc(F)c1C. The summed E-state index contributed by atoms with van der Waals surface area (Å²) in [6, 6.07) is 4.16. The monoisotopic (exact) mass is 635 g/mol. The van der Waals surface area contributed by atoms with Gasteiger partial charge in [0.2, 0.25) is 5.91 Å². The molecule has 4 heterocycles. The molecule has 2 N–H and O–H groups in total. The summed E-state index contributed by atoms with van der Waals surface area (Å²) in [4.78, 5) is 54.7. The number of benzene rings is 1. The smallest absolute Gasteiger partial charge is 0.338 e. The third kappa shape index (κ3) is 5.00. The van der Waals surface area contributed by atoms with Crippen LogP contribution in [0.25, 0.3) is 0 Å². The van der Waals surface area contributed by atoms with Crippen LogP contribution in [0.1, 0.15) is 61.7 Å². The lowest BCUT2D eigenvalue weighted by Crippen LogP contribution is -2.84. The number of piperazine rings is 1. The number of nitrogens with zero attached hydrogens (tertiary/aromatic N) is 5. The van der Waals surface area contributed by atoms with E-state index in [0.717, 1.165) is 19.3 Å². The van der Waals surface area contributed by atoms with Crippen molar-refractivity contribution in [3.63, 3.8) is 0 Å². The molecule has 3 amide bonds. The lowest BCUT2D eigenvalue weighted by molar-refractivity contribution is -0.165. The maximum atomic E-state index is 14.8. The van der Waals surface area contributed by atoms with Gasteiger partial charge < -0.3 is 25.2 Å². The third-order valence-corrected chi connectivity index (χ3v) is 10.8. The second kappa shape index (κ2) is 11.2. The first-order valence-corrected chi connectivity index (χ1v) is 16.6. The molecule has 0 spiro atoms.